The highest BCUT2D eigenvalue weighted by atomic mass is 35.5. The van der Waals surface area contributed by atoms with Crippen molar-refractivity contribution in [3.8, 4) is 5.75 Å². The summed E-state index contributed by atoms with van der Waals surface area (Å²) < 4.78 is 5.13. The molecular formula is C14H14ClNO3. The molecule has 0 aliphatic heterocycles. The molecule has 2 aromatic rings. The molecule has 1 heterocycles. The third-order valence-electron chi connectivity index (χ3n) is 3.14. The molecule has 0 spiro atoms. The minimum absolute atomic E-state index is 0.452. The first kappa shape index (κ1) is 13.6. The summed E-state index contributed by atoms with van der Waals surface area (Å²) in [7, 11) is 1.54. The number of halogens is 1. The molecule has 1 aromatic carbocycles. The molecule has 0 saturated heterocycles. The van der Waals surface area contributed by atoms with Gasteiger partial charge in [-0.15, -0.1) is 0 Å². The molecule has 1 N–H and O–H groups in total. The number of carboxylic acid groups (broad SMARTS) is 1. The van der Waals surface area contributed by atoms with E-state index in [9.17, 15) is 9.90 Å². The van der Waals surface area contributed by atoms with Gasteiger partial charge >= 0.3 is 5.97 Å². The fourth-order valence-electron chi connectivity index (χ4n) is 1.74. The zero-order valence-corrected chi connectivity index (χ0v) is 11.7. The quantitative estimate of drug-likeness (QED) is 0.937. The van der Waals surface area contributed by atoms with Crippen LogP contribution in [0.1, 0.15) is 19.5 Å². The maximum Gasteiger partial charge on any atom is 0.315 e. The van der Waals surface area contributed by atoms with Crippen LogP contribution in [0, 0.1) is 0 Å². The van der Waals surface area contributed by atoms with Crippen LogP contribution in [0.25, 0.3) is 10.9 Å². The van der Waals surface area contributed by atoms with Crippen LogP contribution in [-0.4, -0.2) is 23.2 Å². The number of hydrogen-bond donors (Lipinski definition) is 1. The number of nitrogens with zero attached hydrogens (tertiary/aromatic N) is 1. The van der Waals surface area contributed by atoms with Crippen molar-refractivity contribution in [3.63, 3.8) is 0 Å². The summed E-state index contributed by atoms with van der Waals surface area (Å²) in [6.45, 7) is 3.24. The molecule has 0 radical (unpaired) electrons. The number of rotatable bonds is 3. The van der Waals surface area contributed by atoms with Crippen molar-refractivity contribution in [2.45, 2.75) is 19.3 Å². The molecule has 0 atom stereocenters. The number of aliphatic carboxylic acids is 1. The first-order chi connectivity index (χ1) is 8.86. The van der Waals surface area contributed by atoms with E-state index in [1.807, 2.05) is 6.07 Å². The van der Waals surface area contributed by atoms with Gasteiger partial charge in [0.2, 0.25) is 0 Å². The van der Waals surface area contributed by atoms with Gasteiger partial charge in [-0.25, -0.2) is 0 Å². The Labute approximate surface area is 116 Å². The van der Waals surface area contributed by atoms with E-state index in [2.05, 4.69) is 4.98 Å². The topological polar surface area (TPSA) is 59.4 Å². The summed E-state index contributed by atoms with van der Waals surface area (Å²) in [6, 6.07) is 6.99. The Hall–Kier alpha value is -1.81. The van der Waals surface area contributed by atoms with Gasteiger partial charge in [0.1, 0.15) is 11.2 Å². The number of carboxylic acids is 1. The van der Waals surface area contributed by atoms with Crippen molar-refractivity contribution in [2.75, 3.05) is 7.11 Å². The van der Waals surface area contributed by atoms with Gasteiger partial charge in [-0.05, 0) is 32.0 Å². The van der Waals surface area contributed by atoms with Crippen LogP contribution >= 0.6 is 11.6 Å². The number of benzene rings is 1. The summed E-state index contributed by atoms with van der Waals surface area (Å²) >= 11 is 6.05. The largest absolute Gasteiger partial charge is 0.495 e. The maximum absolute atomic E-state index is 11.2. The van der Waals surface area contributed by atoms with Gasteiger partial charge in [0.05, 0.1) is 23.3 Å². The second kappa shape index (κ2) is 4.70. The smallest absolute Gasteiger partial charge is 0.315 e. The van der Waals surface area contributed by atoms with E-state index >= 15 is 0 Å². The van der Waals surface area contributed by atoms with Crippen LogP contribution in [0.15, 0.2) is 24.3 Å². The Bertz CT molecular complexity index is 652. The van der Waals surface area contributed by atoms with Crippen molar-refractivity contribution in [3.05, 3.63) is 35.0 Å². The zero-order valence-electron chi connectivity index (χ0n) is 10.9. The monoisotopic (exact) mass is 279 g/mol. The molecule has 4 nitrogen and oxygen atoms in total. The molecule has 0 aliphatic rings. The molecule has 0 aliphatic carbocycles. The molecule has 19 heavy (non-hydrogen) atoms. The fourth-order valence-corrected chi connectivity index (χ4v) is 1.97. The van der Waals surface area contributed by atoms with E-state index in [-0.39, 0.29) is 0 Å². The highest BCUT2D eigenvalue weighted by Gasteiger charge is 2.31. The molecular weight excluding hydrogens is 266 g/mol. The Balaban J connectivity index is 2.62. The summed E-state index contributed by atoms with van der Waals surface area (Å²) in [5.74, 6) is -0.347. The van der Waals surface area contributed by atoms with Crippen LogP contribution in [0.5, 0.6) is 5.75 Å². The summed E-state index contributed by atoms with van der Waals surface area (Å²) in [5.41, 5.74) is 0.104. The van der Waals surface area contributed by atoms with E-state index in [1.54, 1.807) is 39.2 Å². The summed E-state index contributed by atoms with van der Waals surface area (Å²) in [4.78, 5) is 15.6. The standard InChI is InChI=1S/C14H14ClNO3/c1-14(2,13(17)18)12-5-4-8-6-11(19-3)9(15)7-10(8)16-12/h4-7H,1-3H3,(H,17,18). The van der Waals surface area contributed by atoms with Gasteiger partial charge < -0.3 is 9.84 Å². The van der Waals surface area contributed by atoms with Gasteiger partial charge in [-0.1, -0.05) is 17.7 Å². The minimum atomic E-state index is -1.04. The predicted octanol–water partition coefficient (Wildman–Crippen LogP) is 3.26. The number of methoxy groups -OCH3 is 1. The summed E-state index contributed by atoms with van der Waals surface area (Å²) in [6.07, 6.45) is 0. The van der Waals surface area contributed by atoms with Crippen molar-refractivity contribution in [1.82, 2.24) is 4.98 Å². The number of ether oxygens (including phenoxy) is 1. The number of aromatic nitrogens is 1. The highest BCUT2D eigenvalue weighted by molar-refractivity contribution is 6.32. The van der Waals surface area contributed by atoms with E-state index in [0.717, 1.165) is 5.39 Å². The number of hydrogen-bond acceptors (Lipinski definition) is 3. The van der Waals surface area contributed by atoms with Gasteiger partial charge in [-0.3, -0.25) is 9.78 Å². The van der Waals surface area contributed by atoms with E-state index in [4.69, 9.17) is 16.3 Å². The third-order valence-corrected chi connectivity index (χ3v) is 3.43. The van der Waals surface area contributed by atoms with Gasteiger partial charge in [0.25, 0.3) is 0 Å². The van der Waals surface area contributed by atoms with Crippen molar-refractivity contribution in [2.24, 2.45) is 0 Å². The lowest BCUT2D eigenvalue weighted by molar-refractivity contribution is -0.142. The van der Waals surface area contributed by atoms with E-state index in [1.165, 1.54) is 0 Å². The lowest BCUT2D eigenvalue weighted by Gasteiger charge is -2.19. The Morgan fingerprint density at radius 2 is 2.05 bits per heavy atom. The third kappa shape index (κ3) is 2.36. The van der Waals surface area contributed by atoms with Gasteiger partial charge in [0, 0.05) is 5.39 Å². The molecule has 0 unspecified atom stereocenters. The summed E-state index contributed by atoms with van der Waals surface area (Å²) in [5, 5.41) is 10.5. The molecule has 0 fully saturated rings. The van der Waals surface area contributed by atoms with Crippen LogP contribution in [0.2, 0.25) is 5.02 Å². The zero-order chi connectivity index (χ0) is 14.2. The molecule has 0 amide bonds. The second-order valence-electron chi connectivity index (χ2n) is 4.81. The van der Waals surface area contributed by atoms with Crippen LogP contribution < -0.4 is 4.74 Å². The van der Waals surface area contributed by atoms with Gasteiger partial charge in [-0.2, -0.15) is 0 Å². The SMILES string of the molecule is COc1cc2ccc(C(C)(C)C(=O)O)nc2cc1Cl. The average molecular weight is 280 g/mol. The normalized spacial score (nSPS) is 11.6. The average Bonchev–Trinajstić information content (AvgIpc) is 2.36. The highest BCUT2D eigenvalue weighted by Crippen LogP contribution is 2.31. The minimum Gasteiger partial charge on any atom is -0.495 e. The Kier molecular flexibility index (Phi) is 3.37. The number of pyridine rings is 1. The van der Waals surface area contributed by atoms with Crippen LogP contribution in [0.3, 0.4) is 0 Å². The lowest BCUT2D eigenvalue weighted by Crippen LogP contribution is -2.29. The van der Waals surface area contributed by atoms with E-state index < -0.39 is 11.4 Å². The van der Waals surface area contributed by atoms with Gasteiger partial charge in [0.15, 0.2) is 0 Å². The maximum atomic E-state index is 11.2. The molecule has 1 aromatic heterocycles. The van der Waals surface area contributed by atoms with Crippen molar-refractivity contribution >= 4 is 28.5 Å². The van der Waals surface area contributed by atoms with Crippen LogP contribution in [0.4, 0.5) is 0 Å². The van der Waals surface area contributed by atoms with Crippen LogP contribution in [-0.2, 0) is 10.2 Å². The molecule has 0 saturated carbocycles. The lowest BCUT2D eigenvalue weighted by atomic mass is 9.89. The molecule has 2 rings (SSSR count). The van der Waals surface area contributed by atoms with E-state index in [0.29, 0.717) is 22.0 Å². The number of fused-ring (bicyclic) bond motifs is 1. The fraction of sp³-hybridized carbons (Fsp3) is 0.286. The molecule has 100 valence electrons. The molecule has 5 heteroatoms. The molecule has 0 bridgehead atoms. The van der Waals surface area contributed by atoms with Crippen molar-refractivity contribution < 1.29 is 14.6 Å². The Morgan fingerprint density at radius 1 is 1.37 bits per heavy atom. The number of carbonyl (C=O) groups is 1. The second-order valence-corrected chi connectivity index (χ2v) is 5.21. The first-order valence-corrected chi connectivity index (χ1v) is 6.12. The predicted molar refractivity (Wildman–Crippen MR) is 74.0 cm³/mol. The first-order valence-electron chi connectivity index (χ1n) is 5.74. The Morgan fingerprint density at radius 3 is 2.63 bits per heavy atom. The van der Waals surface area contributed by atoms with Crippen molar-refractivity contribution in [1.29, 1.82) is 0 Å².